The van der Waals surface area contributed by atoms with Crippen LogP contribution < -0.4 is 15.0 Å². The molecule has 7 nitrogen and oxygen atoms in total. The molecule has 0 bridgehead atoms. The van der Waals surface area contributed by atoms with Crippen LogP contribution in [0.25, 0.3) is 10.9 Å². The largest absolute Gasteiger partial charge is 0.486 e. The van der Waals surface area contributed by atoms with E-state index in [-0.39, 0.29) is 18.1 Å². The number of nitrogens with one attached hydrogen (secondary N) is 1. The lowest BCUT2D eigenvalue weighted by molar-refractivity contribution is 0.172. The fourth-order valence-electron chi connectivity index (χ4n) is 5.54. The Morgan fingerprint density at radius 3 is 2.20 bits per heavy atom. The topological polar surface area (TPSA) is 88.7 Å². The molecule has 1 fully saturated rings. The van der Waals surface area contributed by atoms with Gasteiger partial charge in [0, 0.05) is 29.6 Å². The molecule has 0 spiro atoms. The van der Waals surface area contributed by atoms with E-state index in [0.29, 0.717) is 40.7 Å². The summed E-state index contributed by atoms with van der Waals surface area (Å²) in [5.41, 5.74) is 3.27. The number of rotatable bonds is 5. The number of ether oxygens (including phenoxy) is 2. The van der Waals surface area contributed by atoms with Crippen LogP contribution in [0.4, 0.5) is 0 Å². The Bertz CT molecular complexity index is 1410. The van der Waals surface area contributed by atoms with Crippen molar-refractivity contribution in [3.05, 3.63) is 62.9 Å². The number of pyridine rings is 1. The van der Waals surface area contributed by atoms with E-state index in [1.807, 2.05) is 39.0 Å². The van der Waals surface area contributed by atoms with Gasteiger partial charge < -0.3 is 14.5 Å². The fraction of sp³-hybridized carbons (Fsp3) is 0.444. The Balaban J connectivity index is 1.59. The van der Waals surface area contributed by atoms with Gasteiger partial charge in [0.15, 0.2) is 11.5 Å². The minimum absolute atomic E-state index is 0.0273. The summed E-state index contributed by atoms with van der Waals surface area (Å²) in [4.78, 5) is 16.4. The van der Waals surface area contributed by atoms with Crippen molar-refractivity contribution >= 4 is 20.9 Å². The summed E-state index contributed by atoms with van der Waals surface area (Å²) < 4.78 is 41.2. The average Bonchev–Trinajstić information content (AvgIpc) is 2.81. The molecule has 1 N–H and O–H groups in total. The van der Waals surface area contributed by atoms with Crippen LogP contribution in [0.15, 0.2) is 40.0 Å². The fourth-order valence-corrected chi connectivity index (χ4v) is 7.62. The summed E-state index contributed by atoms with van der Waals surface area (Å²) in [6.07, 6.45) is 4.68. The van der Waals surface area contributed by atoms with Crippen LogP contribution in [0, 0.1) is 20.8 Å². The van der Waals surface area contributed by atoms with Crippen LogP contribution >= 0.6 is 0 Å². The van der Waals surface area contributed by atoms with E-state index in [4.69, 9.17) is 9.47 Å². The average molecular weight is 497 g/mol. The Kier molecular flexibility index (Phi) is 6.36. The number of benzene rings is 2. The Labute approximate surface area is 206 Å². The maximum Gasteiger partial charge on any atom is 0.252 e. The van der Waals surface area contributed by atoms with Crippen LogP contribution in [0.3, 0.4) is 0 Å². The van der Waals surface area contributed by atoms with Crippen molar-refractivity contribution < 1.29 is 17.9 Å². The molecule has 1 aliphatic carbocycles. The molecule has 2 heterocycles. The highest BCUT2D eigenvalue weighted by atomic mass is 32.2. The molecule has 2 aliphatic rings. The standard InChI is InChI=1S/C27H32N2O5S/c1-17-11-18(2)26(19(3)12-17)35(31,32)29(22-7-5-4-6-8-22)16-21-13-20-14-24-25(34-10-9-33-24)15-23(20)28-27(21)30/h11-15,22H,4-10,16H2,1-3H3,(H,28,30). The van der Waals surface area contributed by atoms with Gasteiger partial charge in [-0.1, -0.05) is 37.0 Å². The van der Waals surface area contributed by atoms with Gasteiger partial charge in [-0.2, -0.15) is 4.31 Å². The van der Waals surface area contributed by atoms with Gasteiger partial charge in [-0.15, -0.1) is 0 Å². The predicted molar refractivity (Wildman–Crippen MR) is 136 cm³/mol. The number of H-pyrrole nitrogens is 1. The molecular formula is C27H32N2O5S. The number of aromatic amines is 1. The van der Waals surface area contributed by atoms with E-state index in [1.165, 1.54) is 0 Å². The van der Waals surface area contributed by atoms with Crippen LogP contribution in [0.2, 0.25) is 0 Å². The first kappa shape index (κ1) is 23.9. The summed E-state index contributed by atoms with van der Waals surface area (Å²) in [7, 11) is -3.83. The van der Waals surface area contributed by atoms with E-state index < -0.39 is 10.0 Å². The van der Waals surface area contributed by atoms with Crippen molar-refractivity contribution in [1.82, 2.24) is 9.29 Å². The molecule has 186 valence electrons. The number of aromatic nitrogens is 1. The minimum Gasteiger partial charge on any atom is -0.486 e. The third-order valence-corrected chi connectivity index (χ3v) is 9.27. The first-order valence-electron chi connectivity index (χ1n) is 12.3. The number of sulfonamides is 1. The van der Waals surface area contributed by atoms with E-state index in [1.54, 1.807) is 16.4 Å². The van der Waals surface area contributed by atoms with E-state index in [2.05, 4.69) is 4.98 Å². The number of aryl methyl sites for hydroxylation is 3. The van der Waals surface area contributed by atoms with Gasteiger partial charge in [0.05, 0.1) is 10.4 Å². The van der Waals surface area contributed by atoms with Crippen LogP contribution in [0.5, 0.6) is 11.5 Å². The molecule has 5 rings (SSSR count). The first-order valence-corrected chi connectivity index (χ1v) is 13.7. The summed E-state index contributed by atoms with van der Waals surface area (Å²) in [6, 6.07) is 9.08. The maximum absolute atomic E-state index is 14.1. The molecule has 1 aromatic heterocycles. The van der Waals surface area contributed by atoms with E-state index in [0.717, 1.165) is 54.2 Å². The molecule has 0 saturated heterocycles. The van der Waals surface area contributed by atoms with E-state index >= 15 is 0 Å². The van der Waals surface area contributed by atoms with E-state index in [9.17, 15) is 13.2 Å². The molecule has 1 aliphatic heterocycles. The second-order valence-corrected chi connectivity index (χ2v) is 11.6. The van der Waals surface area contributed by atoms with Gasteiger partial charge in [-0.05, 0) is 56.9 Å². The van der Waals surface area contributed by atoms with Crippen molar-refractivity contribution in [1.29, 1.82) is 0 Å². The van der Waals surface area contributed by atoms with Gasteiger partial charge in [-0.3, -0.25) is 4.79 Å². The molecule has 0 amide bonds. The second kappa shape index (κ2) is 9.32. The van der Waals surface area contributed by atoms with Gasteiger partial charge in [-0.25, -0.2) is 8.42 Å². The molecule has 2 aromatic carbocycles. The number of nitrogens with zero attached hydrogens (tertiary/aromatic N) is 1. The first-order chi connectivity index (χ1) is 16.7. The molecule has 35 heavy (non-hydrogen) atoms. The highest BCUT2D eigenvalue weighted by Gasteiger charge is 2.35. The van der Waals surface area contributed by atoms with Crippen LogP contribution in [0.1, 0.15) is 54.4 Å². The highest BCUT2D eigenvalue weighted by Crippen LogP contribution is 2.35. The molecule has 0 atom stereocenters. The highest BCUT2D eigenvalue weighted by molar-refractivity contribution is 7.89. The molecular weight excluding hydrogens is 464 g/mol. The number of fused-ring (bicyclic) bond motifs is 2. The zero-order valence-corrected chi connectivity index (χ0v) is 21.3. The summed E-state index contributed by atoms with van der Waals surface area (Å²) >= 11 is 0. The smallest absolute Gasteiger partial charge is 0.252 e. The summed E-state index contributed by atoms with van der Waals surface area (Å²) in [5.74, 6) is 1.23. The van der Waals surface area contributed by atoms with Crippen molar-refractivity contribution in [3.8, 4) is 11.5 Å². The Hall–Kier alpha value is -2.84. The minimum atomic E-state index is -3.83. The zero-order valence-electron chi connectivity index (χ0n) is 20.5. The normalized spacial score (nSPS) is 16.7. The lowest BCUT2D eigenvalue weighted by Gasteiger charge is -2.34. The molecule has 0 unspecified atom stereocenters. The van der Waals surface area contributed by atoms with Crippen molar-refractivity contribution in [2.45, 2.75) is 70.4 Å². The molecule has 1 saturated carbocycles. The number of hydrogen-bond donors (Lipinski definition) is 1. The zero-order chi connectivity index (χ0) is 24.7. The second-order valence-electron chi connectivity index (χ2n) is 9.78. The Morgan fingerprint density at radius 2 is 1.54 bits per heavy atom. The quantitative estimate of drug-likeness (QED) is 0.551. The van der Waals surface area contributed by atoms with Crippen molar-refractivity contribution in [2.75, 3.05) is 13.2 Å². The molecule has 3 aromatic rings. The lowest BCUT2D eigenvalue weighted by Crippen LogP contribution is -2.42. The van der Waals surface area contributed by atoms with Gasteiger partial charge in [0.1, 0.15) is 13.2 Å². The lowest BCUT2D eigenvalue weighted by atomic mass is 9.95. The maximum atomic E-state index is 14.1. The Morgan fingerprint density at radius 1 is 0.914 bits per heavy atom. The number of hydrogen-bond acceptors (Lipinski definition) is 5. The molecule has 8 heteroatoms. The van der Waals surface area contributed by atoms with Crippen LogP contribution in [-0.2, 0) is 16.6 Å². The van der Waals surface area contributed by atoms with Crippen molar-refractivity contribution in [2.24, 2.45) is 0 Å². The monoisotopic (exact) mass is 496 g/mol. The summed E-state index contributed by atoms with van der Waals surface area (Å²) in [6.45, 7) is 6.63. The van der Waals surface area contributed by atoms with Gasteiger partial charge >= 0.3 is 0 Å². The molecule has 0 radical (unpaired) electrons. The van der Waals surface area contributed by atoms with Crippen molar-refractivity contribution in [3.63, 3.8) is 0 Å². The third-order valence-electron chi connectivity index (χ3n) is 7.06. The van der Waals surface area contributed by atoms with Gasteiger partial charge in [0.25, 0.3) is 5.56 Å². The van der Waals surface area contributed by atoms with Gasteiger partial charge in [0.2, 0.25) is 10.0 Å². The SMILES string of the molecule is Cc1cc(C)c(S(=O)(=O)N(Cc2cc3cc4c(cc3[nH]c2=O)OCCO4)C2CCCCC2)c(C)c1. The summed E-state index contributed by atoms with van der Waals surface area (Å²) in [5, 5.41) is 0.785. The van der Waals surface area contributed by atoms with Crippen LogP contribution in [-0.4, -0.2) is 37.0 Å². The predicted octanol–water partition coefficient (Wildman–Crippen LogP) is 4.75. The third kappa shape index (κ3) is 4.57.